The van der Waals surface area contributed by atoms with Crippen molar-refractivity contribution in [1.29, 1.82) is 0 Å². The molecule has 7 heteroatoms. The summed E-state index contributed by atoms with van der Waals surface area (Å²) in [6.07, 6.45) is 4.26. The first-order valence-corrected chi connectivity index (χ1v) is 10.7. The Kier molecular flexibility index (Phi) is 4.97. The molecule has 1 amide bonds. The van der Waals surface area contributed by atoms with E-state index in [2.05, 4.69) is 21.6 Å². The van der Waals surface area contributed by atoms with Gasteiger partial charge in [0.2, 0.25) is 5.78 Å². The van der Waals surface area contributed by atoms with Gasteiger partial charge in [-0.15, -0.1) is 0 Å². The van der Waals surface area contributed by atoms with Crippen LogP contribution in [0.5, 0.6) is 0 Å². The van der Waals surface area contributed by atoms with Crippen LogP contribution in [0.15, 0.2) is 18.2 Å². The van der Waals surface area contributed by atoms with Crippen molar-refractivity contribution in [3.63, 3.8) is 0 Å². The fourth-order valence-electron chi connectivity index (χ4n) is 5.55. The fraction of sp³-hybridized carbons (Fsp3) is 0.591. The first-order chi connectivity index (χ1) is 14.1. The molecule has 0 aliphatic carbocycles. The summed E-state index contributed by atoms with van der Waals surface area (Å²) in [7, 11) is 0. The summed E-state index contributed by atoms with van der Waals surface area (Å²) in [4.78, 5) is 39.9. The molecule has 0 saturated carbocycles. The second-order valence-corrected chi connectivity index (χ2v) is 8.92. The topological polar surface area (TPSA) is 81.8 Å². The predicted octanol–water partition coefficient (Wildman–Crippen LogP) is 0.467. The van der Waals surface area contributed by atoms with E-state index in [9.17, 15) is 14.4 Å². The molecule has 1 aromatic rings. The van der Waals surface area contributed by atoms with Crippen molar-refractivity contribution in [3.8, 4) is 0 Å². The molecule has 4 unspecified atom stereocenters. The van der Waals surface area contributed by atoms with Crippen LogP contribution in [0.25, 0.3) is 0 Å². The molecule has 4 aliphatic heterocycles. The zero-order chi connectivity index (χ0) is 20.0. The Balaban J connectivity index is 1.28. The van der Waals surface area contributed by atoms with E-state index >= 15 is 0 Å². The Morgan fingerprint density at radius 2 is 1.93 bits per heavy atom. The smallest absolute Gasteiger partial charge is 0.254 e. The number of hydrogen-bond donors (Lipinski definition) is 2. The largest absolute Gasteiger partial charge is 0.330 e. The minimum Gasteiger partial charge on any atom is -0.330 e. The number of Topliss-reactive ketones (excluding diaryl/α,β-unsaturated/α-hetero) is 1. The monoisotopic (exact) mass is 396 g/mol. The molecule has 4 atom stereocenters. The maximum atomic E-state index is 13.1. The SMILES string of the molecule is O=CC(=O)C1CCC(N2Cc3c(CN4CC5CCC(C4)N5)cccc3C2=O)CN1. The van der Waals surface area contributed by atoms with Crippen LogP contribution in [0, 0.1) is 0 Å². The highest BCUT2D eigenvalue weighted by atomic mass is 16.2. The van der Waals surface area contributed by atoms with Gasteiger partial charge in [-0.3, -0.25) is 19.3 Å². The van der Waals surface area contributed by atoms with Gasteiger partial charge in [-0.1, -0.05) is 12.1 Å². The van der Waals surface area contributed by atoms with Crippen LogP contribution in [0.2, 0.25) is 0 Å². The van der Waals surface area contributed by atoms with Crippen LogP contribution in [-0.4, -0.2) is 71.6 Å². The molecule has 3 fully saturated rings. The Hall–Kier alpha value is -2.09. The number of carbonyl (C=O) groups is 3. The Morgan fingerprint density at radius 1 is 1.14 bits per heavy atom. The van der Waals surface area contributed by atoms with Gasteiger partial charge in [-0.05, 0) is 42.9 Å². The summed E-state index contributed by atoms with van der Waals surface area (Å²) in [6, 6.07) is 6.99. The zero-order valence-electron chi connectivity index (χ0n) is 16.6. The highest BCUT2D eigenvalue weighted by Crippen LogP contribution is 2.31. The molecule has 4 aliphatic rings. The van der Waals surface area contributed by atoms with E-state index in [0.717, 1.165) is 37.2 Å². The first kappa shape index (κ1) is 18.9. The van der Waals surface area contributed by atoms with Crippen molar-refractivity contribution in [2.24, 2.45) is 0 Å². The summed E-state index contributed by atoms with van der Waals surface area (Å²) in [5.74, 6) is -0.305. The number of aldehydes is 1. The number of amides is 1. The van der Waals surface area contributed by atoms with Crippen molar-refractivity contribution < 1.29 is 14.4 Å². The Morgan fingerprint density at radius 3 is 2.62 bits per heavy atom. The summed E-state index contributed by atoms with van der Waals surface area (Å²) >= 11 is 0. The van der Waals surface area contributed by atoms with Gasteiger partial charge in [-0.25, -0.2) is 0 Å². The third-order valence-corrected chi connectivity index (χ3v) is 7.07. The molecule has 1 aromatic carbocycles. The van der Waals surface area contributed by atoms with Crippen LogP contribution in [0.3, 0.4) is 0 Å². The molecule has 0 radical (unpaired) electrons. The quantitative estimate of drug-likeness (QED) is 0.556. The molecule has 5 rings (SSSR count). The minimum atomic E-state index is -0.400. The summed E-state index contributed by atoms with van der Waals surface area (Å²) in [5.41, 5.74) is 3.25. The van der Waals surface area contributed by atoms with Gasteiger partial charge in [0, 0.05) is 56.4 Å². The van der Waals surface area contributed by atoms with Gasteiger partial charge in [0.1, 0.15) is 0 Å². The standard InChI is InChI=1S/C22H28N4O3/c27-13-21(28)20-7-6-17(8-23-20)26-12-19-14(2-1-3-18(19)22(26)29)9-25-10-15-4-5-16(11-25)24-15/h1-3,13,15-17,20,23-24H,4-12H2. The molecule has 3 saturated heterocycles. The number of piperazine rings is 1. The number of ketones is 1. The van der Waals surface area contributed by atoms with Crippen molar-refractivity contribution >= 4 is 18.0 Å². The predicted molar refractivity (Wildman–Crippen MR) is 107 cm³/mol. The molecule has 154 valence electrons. The van der Waals surface area contributed by atoms with E-state index in [-0.39, 0.29) is 11.9 Å². The van der Waals surface area contributed by atoms with Gasteiger partial charge in [0.05, 0.1) is 6.04 Å². The number of benzene rings is 1. The van der Waals surface area contributed by atoms with Crippen LogP contribution >= 0.6 is 0 Å². The highest BCUT2D eigenvalue weighted by Gasteiger charge is 2.38. The normalized spacial score (nSPS) is 31.7. The van der Waals surface area contributed by atoms with Crippen LogP contribution < -0.4 is 10.6 Å². The molecule has 2 bridgehead atoms. The molecular weight excluding hydrogens is 368 g/mol. The van der Waals surface area contributed by atoms with Crippen LogP contribution in [-0.2, 0) is 22.7 Å². The average molecular weight is 396 g/mol. The van der Waals surface area contributed by atoms with E-state index in [1.165, 1.54) is 18.4 Å². The highest BCUT2D eigenvalue weighted by molar-refractivity contribution is 6.27. The van der Waals surface area contributed by atoms with Gasteiger partial charge in [0.25, 0.3) is 5.91 Å². The molecule has 4 heterocycles. The number of fused-ring (bicyclic) bond motifs is 3. The fourth-order valence-corrected chi connectivity index (χ4v) is 5.55. The number of hydrogen-bond acceptors (Lipinski definition) is 6. The van der Waals surface area contributed by atoms with Crippen LogP contribution in [0.4, 0.5) is 0 Å². The number of rotatable bonds is 5. The van der Waals surface area contributed by atoms with Crippen molar-refractivity contribution in [2.75, 3.05) is 19.6 Å². The first-order valence-electron chi connectivity index (χ1n) is 10.7. The van der Waals surface area contributed by atoms with Crippen molar-refractivity contribution in [1.82, 2.24) is 20.4 Å². The minimum absolute atomic E-state index is 0.0634. The number of piperidine rings is 1. The molecule has 2 N–H and O–H groups in total. The van der Waals surface area contributed by atoms with E-state index < -0.39 is 11.8 Å². The Bertz CT molecular complexity index is 821. The Labute approximate surface area is 170 Å². The molecule has 7 nitrogen and oxygen atoms in total. The van der Waals surface area contributed by atoms with Gasteiger partial charge >= 0.3 is 0 Å². The van der Waals surface area contributed by atoms with E-state index in [4.69, 9.17) is 0 Å². The summed E-state index contributed by atoms with van der Waals surface area (Å²) < 4.78 is 0. The number of nitrogens with zero attached hydrogens (tertiary/aromatic N) is 2. The number of likely N-dealkylation sites (tertiary alicyclic amines) is 1. The molecule has 0 aromatic heterocycles. The van der Waals surface area contributed by atoms with Crippen LogP contribution in [0.1, 0.15) is 47.2 Å². The van der Waals surface area contributed by atoms with Crippen molar-refractivity contribution in [2.45, 2.75) is 62.9 Å². The number of carbonyl (C=O) groups excluding carboxylic acids is 3. The summed E-state index contributed by atoms with van der Waals surface area (Å²) in [5, 5.41) is 6.83. The maximum absolute atomic E-state index is 13.1. The van der Waals surface area contributed by atoms with E-state index in [1.54, 1.807) is 0 Å². The molecular formula is C22H28N4O3. The number of nitrogens with one attached hydrogen (secondary N) is 2. The lowest BCUT2D eigenvalue weighted by atomic mass is 9.97. The molecule has 29 heavy (non-hydrogen) atoms. The van der Waals surface area contributed by atoms with Gasteiger partial charge < -0.3 is 15.5 Å². The molecule has 0 spiro atoms. The van der Waals surface area contributed by atoms with Gasteiger partial charge in [-0.2, -0.15) is 0 Å². The zero-order valence-corrected chi connectivity index (χ0v) is 16.6. The second kappa shape index (κ2) is 7.63. The van der Waals surface area contributed by atoms with Crippen molar-refractivity contribution in [3.05, 3.63) is 34.9 Å². The maximum Gasteiger partial charge on any atom is 0.254 e. The van der Waals surface area contributed by atoms with E-state index in [0.29, 0.717) is 37.9 Å². The lowest BCUT2D eigenvalue weighted by Crippen LogP contribution is -2.52. The second-order valence-electron chi connectivity index (χ2n) is 8.92. The summed E-state index contributed by atoms with van der Waals surface area (Å²) in [6.45, 7) is 4.26. The lowest BCUT2D eigenvalue weighted by Gasteiger charge is -2.34. The van der Waals surface area contributed by atoms with E-state index in [1.807, 2.05) is 17.0 Å². The third kappa shape index (κ3) is 3.52. The lowest BCUT2D eigenvalue weighted by molar-refractivity contribution is -0.131. The average Bonchev–Trinajstić information content (AvgIpc) is 3.27. The van der Waals surface area contributed by atoms with Gasteiger partial charge in [0.15, 0.2) is 6.29 Å². The third-order valence-electron chi connectivity index (χ3n) is 7.07.